The number of hydrogen-bond acceptors (Lipinski definition) is 2. The summed E-state index contributed by atoms with van der Waals surface area (Å²) in [6.07, 6.45) is 1.91. The molecule has 98 valence electrons. The largest absolute Gasteiger partial charge is 0.364 e. The van der Waals surface area contributed by atoms with Gasteiger partial charge in [0.25, 0.3) is 0 Å². The minimum atomic E-state index is -0.167. The van der Waals surface area contributed by atoms with Gasteiger partial charge in [-0.2, -0.15) is 0 Å². The molecule has 0 aliphatic heterocycles. The first-order valence-corrected chi connectivity index (χ1v) is 6.30. The van der Waals surface area contributed by atoms with Gasteiger partial charge in [-0.3, -0.25) is 0 Å². The van der Waals surface area contributed by atoms with Crippen molar-refractivity contribution in [3.63, 3.8) is 0 Å². The molecule has 0 saturated carbocycles. The van der Waals surface area contributed by atoms with Gasteiger partial charge in [0, 0.05) is 24.5 Å². The van der Waals surface area contributed by atoms with Crippen molar-refractivity contribution in [1.29, 1.82) is 0 Å². The second-order valence-electron chi connectivity index (χ2n) is 4.68. The minimum absolute atomic E-state index is 0.167. The standard InChI is InChI=1S/C14H16N4O/c1-9(16-8-11-3-2-6-15-11)10-4-5-12-13(7-10)18-14(19)17-12/h2-7,9,15-16H,8H2,1H3,(H2,17,18,19). The van der Waals surface area contributed by atoms with Gasteiger partial charge in [0.05, 0.1) is 11.0 Å². The highest BCUT2D eigenvalue weighted by atomic mass is 16.1. The van der Waals surface area contributed by atoms with E-state index >= 15 is 0 Å². The second-order valence-corrected chi connectivity index (χ2v) is 4.68. The van der Waals surface area contributed by atoms with Crippen molar-refractivity contribution >= 4 is 11.0 Å². The number of aromatic amines is 3. The number of fused-ring (bicyclic) bond motifs is 1. The number of benzene rings is 1. The van der Waals surface area contributed by atoms with Gasteiger partial charge < -0.3 is 20.3 Å². The molecule has 0 aliphatic rings. The third-order valence-corrected chi connectivity index (χ3v) is 3.30. The van der Waals surface area contributed by atoms with Gasteiger partial charge in [-0.25, -0.2) is 4.79 Å². The Morgan fingerprint density at radius 3 is 2.84 bits per heavy atom. The molecule has 2 aromatic heterocycles. The third kappa shape index (κ3) is 2.46. The van der Waals surface area contributed by atoms with Crippen LogP contribution in [0.5, 0.6) is 0 Å². The summed E-state index contributed by atoms with van der Waals surface area (Å²) in [5, 5.41) is 3.44. The van der Waals surface area contributed by atoms with Gasteiger partial charge in [0.2, 0.25) is 0 Å². The molecule has 5 heteroatoms. The number of imidazole rings is 1. The van der Waals surface area contributed by atoms with Gasteiger partial charge >= 0.3 is 5.69 Å². The van der Waals surface area contributed by atoms with Gasteiger partial charge in [0.15, 0.2) is 0 Å². The molecule has 0 amide bonds. The lowest BCUT2D eigenvalue weighted by molar-refractivity contribution is 0.569. The highest BCUT2D eigenvalue weighted by molar-refractivity contribution is 5.75. The Hall–Kier alpha value is -2.27. The van der Waals surface area contributed by atoms with Gasteiger partial charge in [0.1, 0.15) is 0 Å². The minimum Gasteiger partial charge on any atom is -0.364 e. The Kier molecular flexibility index (Phi) is 2.97. The van der Waals surface area contributed by atoms with E-state index in [1.807, 2.05) is 36.5 Å². The predicted octanol–water partition coefficient (Wildman–Crippen LogP) is 2.04. The van der Waals surface area contributed by atoms with Crippen LogP contribution in [0.2, 0.25) is 0 Å². The topological polar surface area (TPSA) is 76.5 Å². The van der Waals surface area contributed by atoms with Crippen LogP contribution in [-0.4, -0.2) is 15.0 Å². The lowest BCUT2D eigenvalue weighted by Crippen LogP contribution is -2.18. The van der Waals surface area contributed by atoms with E-state index in [0.717, 1.165) is 28.8 Å². The highest BCUT2D eigenvalue weighted by Crippen LogP contribution is 2.17. The fourth-order valence-electron chi connectivity index (χ4n) is 2.18. The van der Waals surface area contributed by atoms with E-state index in [1.54, 1.807) is 0 Å². The molecule has 1 unspecified atom stereocenters. The van der Waals surface area contributed by atoms with Gasteiger partial charge in [-0.1, -0.05) is 6.07 Å². The number of hydrogen-bond donors (Lipinski definition) is 4. The molecule has 3 aromatic rings. The van der Waals surface area contributed by atoms with Crippen LogP contribution in [0.3, 0.4) is 0 Å². The lowest BCUT2D eigenvalue weighted by Gasteiger charge is -2.13. The zero-order valence-corrected chi connectivity index (χ0v) is 10.7. The molecular weight excluding hydrogens is 240 g/mol. The van der Waals surface area contributed by atoms with Crippen LogP contribution < -0.4 is 11.0 Å². The summed E-state index contributed by atoms with van der Waals surface area (Å²) in [5.41, 5.74) is 3.82. The fraction of sp³-hybridized carbons (Fsp3) is 0.214. The van der Waals surface area contributed by atoms with E-state index < -0.39 is 0 Å². The monoisotopic (exact) mass is 256 g/mol. The molecule has 1 aromatic carbocycles. The van der Waals surface area contributed by atoms with Crippen LogP contribution in [0.15, 0.2) is 41.3 Å². The first-order chi connectivity index (χ1) is 9.22. The fourth-order valence-corrected chi connectivity index (χ4v) is 2.18. The van der Waals surface area contributed by atoms with Crippen molar-refractivity contribution in [2.75, 3.05) is 0 Å². The van der Waals surface area contributed by atoms with Crippen LogP contribution in [0, 0.1) is 0 Å². The molecule has 0 saturated heterocycles. The van der Waals surface area contributed by atoms with Gasteiger partial charge in [-0.05, 0) is 36.8 Å². The maximum atomic E-state index is 11.2. The average Bonchev–Trinajstić information content (AvgIpc) is 3.02. The molecule has 3 rings (SSSR count). The molecule has 0 spiro atoms. The Morgan fingerprint density at radius 2 is 2.05 bits per heavy atom. The molecule has 5 nitrogen and oxygen atoms in total. The molecule has 0 bridgehead atoms. The van der Waals surface area contributed by atoms with E-state index in [2.05, 4.69) is 27.2 Å². The quantitative estimate of drug-likeness (QED) is 0.576. The van der Waals surface area contributed by atoms with Crippen LogP contribution in [0.4, 0.5) is 0 Å². The Balaban J connectivity index is 1.77. The van der Waals surface area contributed by atoms with E-state index in [4.69, 9.17) is 0 Å². The molecule has 0 fully saturated rings. The predicted molar refractivity (Wildman–Crippen MR) is 75.0 cm³/mol. The zero-order chi connectivity index (χ0) is 13.2. The Labute approximate surface area is 110 Å². The third-order valence-electron chi connectivity index (χ3n) is 3.30. The Bertz CT molecular complexity index is 723. The van der Waals surface area contributed by atoms with Crippen molar-refractivity contribution in [3.05, 3.63) is 58.3 Å². The highest BCUT2D eigenvalue weighted by Gasteiger charge is 2.07. The van der Waals surface area contributed by atoms with Crippen LogP contribution >= 0.6 is 0 Å². The molecule has 0 radical (unpaired) electrons. The summed E-state index contributed by atoms with van der Waals surface area (Å²) in [7, 11) is 0. The van der Waals surface area contributed by atoms with Crippen molar-refractivity contribution < 1.29 is 0 Å². The first kappa shape index (κ1) is 11.8. The second kappa shape index (κ2) is 4.78. The SMILES string of the molecule is CC(NCc1ccc[nH]1)c1ccc2[nH]c(=O)[nH]c2c1. The average molecular weight is 256 g/mol. The molecule has 4 N–H and O–H groups in total. The summed E-state index contributed by atoms with van der Waals surface area (Å²) in [4.78, 5) is 19.9. The smallest absolute Gasteiger partial charge is 0.323 e. The van der Waals surface area contributed by atoms with E-state index in [1.165, 1.54) is 0 Å². The van der Waals surface area contributed by atoms with Crippen LogP contribution in [0.25, 0.3) is 11.0 Å². The molecule has 0 aliphatic carbocycles. The number of aromatic nitrogens is 3. The number of rotatable bonds is 4. The first-order valence-electron chi connectivity index (χ1n) is 6.30. The normalized spacial score (nSPS) is 12.9. The molecule has 19 heavy (non-hydrogen) atoms. The Morgan fingerprint density at radius 1 is 1.21 bits per heavy atom. The molecular formula is C14H16N4O. The zero-order valence-electron chi connectivity index (χ0n) is 10.7. The molecule has 2 heterocycles. The van der Waals surface area contributed by atoms with E-state index in [9.17, 15) is 4.79 Å². The maximum Gasteiger partial charge on any atom is 0.323 e. The van der Waals surface area contributed by atoms with Crippen LogP contribution in [0.1, 0.15) is 24.2 Å². The summed E-state index contributed by atoms with van der Waals surface area (Å²) >= 11 is 0. The van der Waals surface area contributed by atoms with E-state index in [0.29, 0.717) is 0 Å². The van der Waals surface area contributed by atoms with Gasteiger partial charge in [-0.15, -0.1) is 0 Å². The van der Waals surface area contributed by atoms with Crippen LogP contribution in [-0.2, 0) is 6.54 Å². The van der Waals surface area contributed by atoms with Crippen molar-refractivity contribution in [3.8, 4) is 0 Å². The van der Waals surface area contributed by atoms with Crippen molar-refractivity contribution in [1.82, 2.24) is 20.3 Å². The summed E-state index contributed by atoms with van der Waals surface area (Å²) in [6.45, 7) is 2.89. The summed E-state index contributed by atoms with van der Waals surface area (Å²) < 4.78 is 0. The maximum absolute atomic E-state index is 11.2. The van der Waals surface area contributed by atoms with E-state index in [-0.39, 0.29) is 11.7 Å². The summed E-state index contributed by atoms with van der Waals surface area (Å²) in [6, 6.07) is 10.2. The van der Waals surface area contributed by atoms with Crippen molar-refractivity contribution in [2.45, 2.75) is 19.5 Å². The molecule has 1 atom stereocenters. The number of H-pyrrole nitrogens is 3. The summed E-state index contributed by atoms with van der Waals surface area (Å²) in [5.74, 6) is 0. The van der Waals surface area contributed by atoms with Crippen molar-refractivity contribution in [2.24, 2.45) is 0 Å². The lowest BCUT2D eigenvalue weighted by atomic mass is 10.1. The number of nitrogens with one attached hydrogen (secondary N) is 4.